The van der Waals surface area contributed by atoms with Crippen LogP contribution in [-0.4, -0.2) is 44.7 Å². The maximum Gasteiger partial charge on any atom is 0.145 e. The van der Waals surface area contributed by atoms with Crippen LogP contribution in [0.25, 0.3) is 0 Å². The van der Waals surface area contributed by atoms with Crippen molar-refractivity contribution in [1.29, 1.82) is 0 Å². The highest BCUT2D eigenvalue weighted by Gasteiger charge is 2.21. The first-order valence-corrected chi connectivity index (χ1v) is 8.17. The van der Waals surface area contributed by atoms with Crippen LogP contribution in [0, 0.1) is 5.92 Å². The maximum atomic E-state index is 5.73. The van der Waals surface area contributed by atoms with Crippen molar-refractivity contribution >= 4 is 5.69 Å². The van der Waals surface area contributed by atoms with Gasteiger partial charge >= 0.3 is 0 Å². The van der Waals surface area contributed by atoms with Gasteiger partial charge in [-0.25, -0.2) is 0 Å². The third-order valence-corrected chi connectivity index (χ3v) is 4.19. The Morgan fingerprint density at radius 3 is 2.24 bits per heavy atom. The second kappa shape index (κ2) is 7.17. The molecule has 3 heteroatoms. The molecular formula is C18H30N2O. The molecule has 0 aliphatic carbocycles. The third-order valence-electron chi connectivity index (χ3n) is 4.19. The lowest BCUT2D eigenvalue weighted by Gasteiger charge is -2.37. The van der Waals surface area contributed by atoms with Crippen molar-refractivity contribution < 1.29 is 4.74 Å². The molecule has 0 spiro atoms. The molecule has 1 aliphatic heterocycles. The van der Waals surface area contributed by atoms with Gasteiger partial charge in [0.25, 0.3) is 0 Å². The van der Waals surface area contributed by atoms with Gasteiger partial charge in [-0.3, -0.25) is 4.90 Å². The SMILES string of the molecule is COc1c(C(C)C)cccc1N1CCN(CC(C)C)CC1. The zero-order valence-corrected chi connectivity index (χ0v) is 14.2. The summed E-state index contributed by atoms with van der Waals surface area (Å²) in [5.74, 6) is 2.29. The lowest BCUT2D eigenvalue weighted by atomic mass is 10.0. The van der Waals surface area contributed by atoms with Crippen LogP contribution in [-0.2, 0) is 0 Å². The molecule has 1 aliphatic rings. The predicted octanol–water partition coefficient (Wildman–Crippen LogP) is 3.60. The third kappa shape index (κ3) is 3.91. The first-order chi connectivity index (χ1) is 10.0. The predicted molar refractivity (Wildman–Crippen MR) is 90.6 cm³/mol. The molecule has 3 nitrogen and oxygen atoms in total. The Balaban J connectivity index is 2.11. The molecule has 0 bridgehead atoms. The number of anilines is 1. The van der Waals surface area contributed by atoms with Gasteiger partial charge in [-0.1, -0.05) is 39.8 Å². The van der Waals surface area contributed by atoms with Crippen molar-refractivity contribution in [1.82, 2.24) is 4.90 Å². The second-order valence-corrected chi connectivity index (χ2v) is 6.74. The Morgan fingerprint density at radius 1 is 1.05 bits per heavy atom. The van der Waals surface area contributed by atoms with Gasteiger partial charge in [0.2, 0.25) is 0 Å². The Hall–Kier alpha value is -1.22. The molecule has 0 unspecified atom stereocenters. The Bertz CT molecular complexity index is 449. The quantitative estimate of drug-likeness (QED) is 0.824. The van der Waals surface area contributed by atoms with Crippen LogP contribution in [0.1, 0.15) is 39.2 Å². The summed E-state index contributed by atoms with van der Waals surface area (Å²) in [6.07, 6.45) is 0. The number of methoxy groups -OCH3 is 1. The Morgan fingerprint density at radius 2 is 1.71 bits per heavy atom. The first kappa shape index (κ1) is 16.2. The summed E-state index contributed by atoms with van der Waals surface area (Å²) in [6, 6.07) is 6.54. The maximum absolute atomic E-state index is 5.73. The molecule has 0 atom stereocenters. The van der Waals surface area contributed by atoms with E-state index in [0.29, 0.717) is 5.92 Å². The van der Waals surface area contributed by atoms with E-state index in [9.17, 15) is 0 Å². The number of piperazine rings is 1. The lowest BCUT2D eigenvalue weighted by molar-refractivity contribution is 0.230. The smallest absolute Gasteiger partial charge is 0.145 e. The summed E-state index contributed by atoms with van der Waals surface area (Å²) in [5, 5.41) is 0. The van der Waals surface area contributed by atoms with E-state index < -0.39 is 0 Å². The van der Waals surface area contributed by atoms with E-state index >= 15 is 0 Å². The fourth-order valence-corrected chi connectivity index (χ4v) is 3.16. The van der Waals surface area contributed by atoms with Gasteiger partial charge in [0, 0.05) is 32.7 Å². The fourth-order valence-electron chi connectivity index (χ4n) is 3.16. The number of hydrogen-bond donors (Lipinski definition) is 0. The average molecular weight is 290 g/mol. The molecule has 1 heterocycles. The molecule has 0 N–H and O–H groups in total. The molecule has 118 valence electrons. The first-order valence-electron chi connectivity index (χ1n) is 8.17. The van der Waals surface area contributed by atoms with Gasteiger partial charge in [-0.05, 0) is 23.5 Å². The van der Waals surface area contributed by atoms with E-state index in [0.717, 1.165) is 37.8 Å². The Kier molecular flexibility index (Phi) is 5.51. The minimum absolute atomic E-state index is 0.488. The number of hydrogen-bond acceptors (Lipinski definition) is 3. The normalized spacial score (nSPS) is 16.8. The molecule has 0 amide bonds. The van der Waals surface area contributed by atoms with Crippen LogP contribution in [0.2, 0.25) is 0 Å². The van der Waals surface area contributed by atoms with Crippen LogP contribution in [0.4, 0.5) is 5.69 Å². The van der Waals surface area contributed by atoms with Crippen molar-refractivity contribution in [3.05, 3.63) is 23.8 Å². The Labute approximate surface area is 129 Å². The highest BCUT2D eigenvalue weighted by atomic mass is 16.5. The van der Waals surface area contributed by atoms with E-state index in [-0.39, 0.29) is 0 Å². The largest absolute Gasteiger partial charge is 0.494 e. The van der Waals surface area contributed by atoms with Crippen molar-refractivity contribution in [3.8, 4) is 5.75 Å². The fraction of sp³-hybridized carbons (Fsp3) is 0.667. The van der Waals surface area contributed by atoms with E-state index in [1.165, 1.54) is 17.8 Å². The molecule has 2 rings (SSSR count). The van der Waals surface area contributed by atoms with E-state index in [4.69, 9.17) is 4.74 Å². The summed E-state index contributed by atoms with van der Waals surface area (Å²) >= 11 is 0. The summed E-state index contributed by atoms with van der Waals surface area (Å²) in [4.78, 5) is 5.04. The molecule has 1 aromatic rings. The lowest BCUT2D eigenvalue weighted by Crippen LogP contribution is -2.47. The van der Waals surface area contributed by atoms with E-state index in [2.05, 4.69) is 55.7 Å². The molecule has 0 aromatic heterocycles. The molecule has 0 saturated carbocycles. The zero-order chi connectivity index (χ0) is 15.4. The molecular weight excluding hydrogens is 260 g/mol. The van der Waals surface area contributed by atoms with E-state index in [1.807, 2.05) is 0 Å². The summed E-state index contributed by atoms with van der Waals surface area (Å²) in [6.45, 7) is 14.7. The monoisotopic (exact) mass is 290 g/mol. The molecule has 1 saturated heterocycles. The molecule has 21 heavy (non-hydrogen) atoms. The minimum Gasteiger partial charge on any atom is -0.494 e. The highest BCUT2D eigenvalue weighted by molar-refractivity contribution is 5.63. The molecule has 0 radical (unpaired) electrons. The summed E-state index contributed by atoms with van der Waals surface area (Å²) in [5.41, 5.74) is 2.56. The number of ether oxygens (including phenoxy) is 1. The van der Waals surface area contributed by atoms with Crippen molar-refractivity contribution in [2.75, 3.05) is 44.7 Å². The van der Waals surface area contributed by atoms with Crippen LogP contribution >= 0.6 is 0 Å². The van der Waals surface area contributed by atoms with Gasteiger partial charge in [-0.15, -0.1) is 0 Å². The van der Waals surface area contributed by atoms with E-state index in [1.54, 1.807) is 7.11 Å². The van der Waals surface area contributed by atoms with Crippen LogP contribution < -0.4 is 9.64 Å². The number of para-hydroxylation sites is 1. The van der Waals surface area contributed by atoms with Gasteiger partial charge < -0.3 is 9.64 Å². The second-order valence-electron chi connectivity index (χ2n) is 6.74. The standard InChI is InChI=1S/C18H30N2O/c1-14(2)13-19-9-11-20(12-10-19)17-8-6-7-16(15(3)4)18(17)21-5/h6-8,14-15H,9-13H2,1-5H3. The van der Waals surface area contributed by atoms with Crippen LogP contribution in [0.5, 0.6) is 5.75 Å². The van der Waals surface area contributed by atoms with Crippen molar-refractivity contribution in [2.24, 2.45) is 5.92 Å². The topological polar surface area (TPSA) is 15.7 Å². The minimum atomic E-state index is 0.488. The van der Waals surface area contributed by atoms with Gasteiger partial charge in [0.15, 0.2) is 0 Å². The van der Waals surface area contributed by atoms with Gasteiger partial charge in [0.1, 0.15) is 5.75 Å². The van der Waals surface area contributed by atoms with Crippen LogP contribution in [0.3, 0.4) is 0 Å². The van der Waals surface area contributed by atoms with Gasteiger partial charge in [0.05, 0.1) is 12.8 Å². The average Bonchev–Trinajstić information content (AvgIpc) is 2.46. The van der Waals surface area contributed by atoms with Crippen LogP contribution in [0.15, 0.2) is 18.2 Å². The summed E-state index contributed by atoms with van der Waals surface area (Å²) < 4.78 is 5.73. The highest BCUT2D eigenvalue weighted by Crippen LogP contribution is 2.36. The van der Waals surface area contributed by atoms with Crippen molar-refractivity contribution in [2.45, 2.75) is 33.6 Å². The summed E-state index contributed by atoms with van der Waals surface area (Å²) in [7, 11) is 1.79. The zero-order valence-electron chi connectivity index (χ0n) is 14.2. The van der Waals surface area contributed by atoms with Gasteiger partial charge in [-0.2, -0.15) is 0 Å². The molecule has 1 fully saturated rings. The number of benzene rings is 1. The molecule has 1 aromatic carbocycles. The number of nitrogens with zero attached hydrogens (tertiary/aromatic N) is 2. The van der Waals surface area contributed by atoms with Crippen molar-refractivity contribution in [3.63, 3.8) is 0 Å². The number of rotatable bonds is 5.